The van der Waals surface area contributed by atoms with Crippen molar-refractivity contribution in [1.82, 2.24) is 0 Å². The van der Waals surface area contributed by atoms with Gasteiger partial charge in [-0.25, -0.2) is 0 Å². The third-order valence-electron chi connectivity index (χ3n) is 4.66. The summed E-state index contributed by atoms with van der Waals surface area (Å²) in [5.41, 5.74) is 1.50. The number of aryl methyl sites for hydroxylation is 1. The van der Waals surface area contributed by atoms with Gasteiger partial charge in [-0.2, -0.15) is 8.42 Å². The maximum absolute atomic E-state index is 8.74. The predicted molar refractivity (Wildman–Crippen MR) is 116 cm³/mol. The zero-order chi connectivity index (χ0) is 20.2. The molecule has 28 heavy (non-hydrogen) atoms. The van der Waals surface area contributed by atoms with E-state index >= 15 is 0 Å². The van der Waals surface area contributed by atoms with Crippen LogP contribution in [-0.2, 0) is 16.8 Å². The second-order valence-corrected chi connectivity index (χ2v) is 8.18. The summed E-state index contributed by atoms with van der Waals surface area (Å²) in [5, 5.41) is 0. The Bertz CT molecular complexity index is 519. The molecule has 0 bridgehead atoms. The minimum atomic E-state index is -4.67. The summed E-state index contributed by atoms with van der Waals surface area (Å²) in [5.74, 6) is 0. The third-order valence-corrected chi connectivity index (χ3v) is 4.66. The first-order valence-corrected chi connectivity index (χ1v) is 12.1. The van der Waals surface area contributed by atoms with Crippen LogP contribution in [0.1, 0.15) is 104 Å². The molecule has 0 aliphatic heterocycles. The summed E-state index contributed by atoms with van der Waals surface area (Å²) >= 11 is 0. The van der Waals surface area contributed by atoms with Gasteiger partial charge in [-0.3, -0.25) is 9.11 Å². The molecule has 0 saturated carbocycles. The minimum absolute atomic E-state index is 0. The zero-order valence-corrected chi connectivity index (χ0v) is 20.9. The molecular weight excluding hydrogens is 383 g/mol. The molecule has 0 amide bonds. The van der Waals surface area contributed by atoms with Gasteiger partial charge in [-0.15, -0.1) is 0 Å². The van der Waals surface area contributed by atoms with Crippen molar-refractivity contribution in [2.45, 2.75) is 103 Å². The summed E-state index contributed by atoms with van der Waals surface area (Å²) in [7, 11) is -4.67. The second-order valence-electron chi connectivity index (χ2n) is 7.28. The standard InChI is InChI=1S/C22H38.Na.H2O4S.H/c1-2-3-4-5-6-7-8-9-10-11-12-13-14-16-19-22-20-17-15-18-21-22;;1-5(2,3)4;/h15,17-18,20-21H,2-14,16,19H2,1H3;;(H2,1,2,3,4);/q;+1;;-1. The molecule has 1 aromatic rings. The number of rotatable bonds is 15. The first kappa shape index (κ1) is 30.3. The van der Waals surface area contributed by atoms with Gasteiger partial charge in [-0.1, -0.05) is 121 Å². The van der Waals surface area contributed by atoms with E-state index in [0.29, 0.717) is 0 Å². The Balaban J connectivity index is -0.000000860. The van der Waals surface area contributed by atoms with Crippen LogP contribution in [0.5, 0.6) is 0 Å². The van der Waals surface area contributed by atoms with Crippen molar-refractivity contribution >= 4 is 10.4 Å². The SMILES string of the molecule is CCCCCCCCCCCCCCCCc1ccccc1.O=S(=O)(O)O.[H-].[Na+]. The van der Waals surface area contributed by atoms with E-state index in [0.717, 1.165) is 0 Å². The summed E-state index contributed by atoms with van der Waals surface area (Å²) in [6.45, 7) is 2.29. The number of benzene rings is 1. The van der Waals surface area contributed by atoms with Crippen molar-refractivity contribution in [3.05, 3.63) is 35.9 Å². The normalized spacial score (nSPS) is 10.7. The fourth-order valence-electron chi connectivity index (χ4n) is 3.17. The average Bonchev–Trinajstić information content (AvgIpc) is 2.61. The molecule has 160 valence electrons. The molecule has 4 nitrogen and oxygen atoms in total. The van der Waals surface area contributed by atoms with E-state index in [1.165, 1.54) is 102 Å². The van der Waals surface area contributed by atoms with Crippen molar-refractivity contribution in [2.75, 3.05) is 0 Å². The average molecular weight is 425 g/mol. The van der Waals surface area contributed by atoms with Gasteiger partial charge in [0.25, 0.3) is 0 Å². The van der Waals surface area contributed by atoms with E-state index in [9.17, 15) is 0 Å². The first-order valence-electron chi connectivity index (χ1n) is 10.7. The van der Waals surface area contributed by atoms with Gasteiger partial charge in [0.2, 0.25) is 0 Å². The molecular formula is C22H41NaO4S. The van der Waals surface area contributed by atoms with E-state index in [1.54, 1.807) is 0 Å². The molecule has 1 rings (SSSR count). The van der Waals surface area contributed by atoms with Crippen molar-refractivity contribution in [1.29, 1.82) is 0 Å². The Labute approximate surface area is 197 Å². The Morgan fingerprint density at radius 3 is 1.36 bits per heavy atom. The van der Waals surface area contributed by atoms with Crippen LogP contribution >= 0.6 is 0 Å². The maximum atomic E-state index is 8.74. The largest absolute Gasteiger partial charge is 1.00 e. The van der Waals surface area contributed by atoms with Crippen LogP contribution in [0.3, 0.4) is 0 Å². The zero-order valence-electron chi connectivity index (χ0n) is 19.1. The molecule has 0 heterocycles. The van der Waals surface area contributed by atoms with Crippen LogP contribution in [0.2, 0.25) is 0 Å². The fourth-order valence-corrected chi connectivity index (χ4v) is 3.17. The summed E-state index contributed by atoms with van der Waals surface area (Å²) < 4.78 is 31.6. The number of unbranched alkanes of at least 4 members (excludes halogenated alkanes) is 13. The Morgan fingerprint density at radius 1 is 0.679 bits per heavy atom. The molecule has 2 N–H and O–H groups in total. The predicted octanol–water partition coefficient (Wildman–Crippen LogP) is 4.17. The molecule has 1 aromatic carbocycles. The number of hydrogen-bond donors (Lipinski definition) is 2. The molecule has 6 heteroatoms. The van der Waals surface area contributed by atoms with E-state index < -0.39 is 10.4 Å². The van der Waals surface area contributed by atoms with E-state index in [4.69, 9.17) is 17.5 Å². The molecule has 0 aliphatic rings. The molecule has 0 spiro atoms. The van der Waals surface area contributed by atoms with Crippen LogP contribution < -0.4 is 29.6 Å². The molecule has 0 aromatic heterocycles. The van der Waals surface area contributed by atoms with E-state index in [2.05, 4.69) is 37.3 Å². The van der Waals surface area contributed by atoms with Crippen LogP contribution in [0, 0.1) is 0 Å². The van der Waals surface area contributed by atoms with Crippen molar-refractivity contribution in [3.63, 3.8) is 0 Å². The van der Waals surface area contributed by atoms with Gasteiger partial charge in [0.15, 0.2) is 0 Å². The Kier molecular flexibility index (Phi) is 23.6. The molecule has 0 radical (unpaired) electrons. The summed E-state index contributed by atoms with van der Waals surface area (Å²) in [6, 6.07) is 10.9. The third kappa shape index (κ3) is 28.3. The maximum Gasteiger partial charge on any atom is 1.00 e. The monoisotopic (exact) mass is 424 g/mol. The van der Waals surface area contributed by atoms with Crippen LogP contribution in [0.15, 0.2) is 30.3 Å². The van der Waals surface area contributed by atoms with Crippen molar-refractivity contribution < 1.29 is 48.5 Å². The summed E-state index contributed by atoms with van der Waals surface area (Å²) in [4.78, 5) is 0. The van der Waals surface area contributed by atoms with Gasteiger partial charge in [0.1, 0.15) is 0 Å². The van der Waals surface area contributed by atoms with Gasteiger partial charge in [-0.05, 0) is 18.4 Å². The molecule has 0 fully saturated rings. The first-order chi connectivity index (χ1) is 12.9. The number of hydrogen-bond acceptors (Lipinski definition) is 2. The fraction of sp³-hybridized carbons (Fsp3) is 0.727. The van der Waals surface area contributed by atoms with Crippen LogP contribution in [0.25, 0.3) is 0 Å². The minimum Gasteiger partial charge on any atom is -1.00 e. The smallest absolute Gasteiger partial charge is 1.00 e. The summed E-state index contributed by atoms with van der Waals surface area (Å²) in [6.07, 6.45) is 21.5. The van der Waals surface area contributed by atoms with Gasteiger partial charge in [0, 0.05) is 0 Å². The molecule has 0 unspecified atom stereocenters. The van der Waals surface area contributed by atoms with Crippen molar-refractivity contribution in [3.8, 4) is 0 Å². The van der Waals surface area contributed by atoms with Crippen LogP contribution in [-0.4, -0.2) is 17.5 Å². The van der Waals surface area contributed by atoms with Crippen molar-refractivity contribution in [2.24, 2.45) is 0 Å². The Morgan fingerprint density at radius 2 is 1.00 bits per heavy atom. The topological polar surface area (TPSA) is 74.6 Å². The molecule has 0 atom stereocenters. The van der Waals surface area contributed by atoms with Gasteiger partial charge < -0.3 is 1.43 Å². The quantitative estimate of drug-likeness (QED) is 0.252. The molecule has 0 saturated heterocycles. The second kappa shape index (κ2) is 21.8. The van der Waals surface area contributed by atoms with Gasteiger partial charge in [0.05, 0.1) is 0 Å². The van der Waals surface area contributed by atoms with Crippen LogP contribution in [0.4, 0.5) is 0 Å². The van der Waals surface area contributed by atoms with E-state index in [-0.39, 0.29) is 31.0 Å². The van der Waals surface area contributed by atoms with E-state index in [1.807, 2.05) is 0 Å². The van der Waals surface area contributed by atoms with Gasteiger partial charge >= 0.3 is 40.0 Å². The molecule has 0 aliphatic carbocycles. The Hall–Kier alpha value is 0.0900.